The molecule has 3 aromatic rings. The molecule has 0 spiro atoms. The molecule has 0 aromatic heterocycles. The lowest BCUT2D eigenvalue weighted by molar-refractivity contribution is 0.0698. The van der Waals surface area contributed by atoms with Gasteiger partial charge in [0.15, 0.2) is 0 Å². The summed E-state index contributed by atoms with van der Waals surface area (Å²) in [6.45, 7) is 0.108. The average Bonchev–Trinajstić information content (AvgIpc) is 2.99. The van der Waals surface area contributed by atoms with Crippen LogP contribution in [0.2, 0.25) is 10.0 Å². The van der Waals surface area contributed by atoms with Gasteiger partial charge in [0, 0.05) is 10.9 Å². The van der Waals surface area contributed by atoms with Crippen LogP contribution in [0.1, 0.15) is 27.4 Å². The molecule has 29 heavy (non-hydrogen) atoms. The van der Waals surface area contributed by atoms with Crippen LogP contribution in [0.25, 0.3) is 11.1 Å². The predicted molar refractivity (Wildman–Crippen MR) is 112 cm³/mol. The number of hydrogen-bond donors (Lipinski definition) is 2. The molecule has 0 aliphatic heterocycles. The molecule has 0 atom stereocenters. The molecule has 0 fully saturated rings. The summed E-state index contributed by atoms with van der Waals surface area (Å²) in [6.07, 6.45) is -0.785. The Morgan fingerprint density at radius 2 is 1.55 bits per heavy atom. The van der Waals surface area contributed by atoms with E-state index in [1.807, 2.05) is 48.5 Å². The van der Waals surface area contributed by atoms with E-state index in [-0.39, 0.29) is 33.8 Å². The number of carbonyl (C=O) groups excluding carboxylic acids is 1. The van der Waals surface area contributed by atoms with Crippen molar-refractivity contribution in [1.82, 2.24) is 0 Å². The van der Waals surface area contributed by atoms with Gasteiger partial charge in [0.25, 0.3) is 0 Å². The van der Waals surface area contributed by atoms with Gasteiger partial charge in [-0.15, -0.1) is 0 Å². The standard InChI is InChI=1S/C22H15Cl2NO4/c23-12-9-18(24)20(21(26)27)19(10-12)25-22(28)29-11-17-15-7-3-1-5-13(15)14-6-2-4-8-16(14)17/h1-10,17H,11H2,(H,25,28)(H,26,27). The number of ether oxygens (including phenoxy) is 1. The quantitative estimate of drug-likeness (QED) is 0.530. The van der Waals surface area contributed by atoms with Crippen LogP contribution in [0.15, 0.2) is 60.7 Å². The number of carbonyl (C=O) groups is 2. The summed E-state index contributed by atoms with van der Waals surface area (Å²) in [5, 5.41) is 11.9. The van der Waals surface area contributed by atoms with E-state index in [4.69, 9.17) is 27.9 Å². The van der Waals surface area contributed by atoms with Crippen LogP contribution < -0.4 is 5.32 Å². The minimum atomic E-state index is -1.28. The minimum Gasteiger partial charge on any atom is -0.478 e. The van der Waals surface area contributed by atoms with Crippen molar-refractivity contribution in [2.45, 2.75) is 5.92 Å². The maximum Gasteiger partial charge on any atom is 0.411 e. The van der Waals surface area contributed by atoms with E-state index in [0.717, 1.165) is 22.3 Å². The van der Waals surface area contributed by atoms with Gasteiger partial charge < -0.3 is 9.84 Å². The summed E-state index contributed by atoms with van der Waals surface area (Å²) in [4.78, 5) is 23.8. The number of carboxylic acids is 1. The second-order valence-corrected chi connectivity index (χ2v) is 7.41. The molecule has 7 heteroatoms. The van der Waals surface area contributed by atoms with Crippen molar-refractivity contribution in [3.63, 3.8) is 0 Å². The maximum absolute atomic E-state index is 12.4. The van der Waals surface area contributed by atoms with Crippen LogP contribution in [-0.4, -0.2) is 23.8 Å². The monoisotopic (exact) mass is 427 g/mol. The highest BCUT2D eigenvalue weighted by atomic mass is 35.5. The molecule has 3 aromatic carbocycles. The van der Waals surface area contributed by atoms with Crippen molar-refractivity contribution >= 4 is 41.0 Å². The lowest BCUT2D eigenvalue weighted by atomic mass is 9.98. The van der Waals surface area contributed by atoms with Gasteiger partial charge in [0.2, 0.25) is 0 Å². The third-order valence-corrected chi connectivity index (χ3v) is 5.37. The SMILES string of the molecule is O=C(Nc1cc(Cl)cc(Cl)c1C(=O)O)OCC1c2ccccc2-c2ccccc21. The molecule has 0 saturated carbocycles. The highest BCUT2D eigenvalue weighted by molar-refractivity contribution is 6.37. The number of aromatic carboxylic acids is 1. The van der Waals surface area contributed by atoms with Crippen LogP contribution in [0, 0.1) is 0 Å². The van der Waals surface area contributed by atoms with E-state index in [1.165, 1.54) is 12.1 Å². The van der Waals surface area contributed by atoms with Crippen molar-refractivity contribution in [2.75, 3.05) is 11.9 Å². The Morgan fingerprint density at radius 3 is 2.14 bits per heavy atom. The number of rotatable bonds is 4. The highest BCUT2D eigenvalue weighted by Gasteiger charge is 2.29. The Balaban J connectivity index is 1.54. The van der Waals surface area contributed by atoms with Crippen LogP contribution in [0.3, 0.4) is 0 Å². The average molecular weight is 428 g/mol. The minimum absolute atomic E-state index is 0.0211. The number of benzene rings is 3. The lowest BCUT2D eigenvalue weighted by Crippen LogP contribution is -2.19. The molecule has 1 amide bonds. The molecular weight excluding hydrogens is 413 g/mol. The molecule has 2 N–H and O–H groups in total. The molecular formula is C22H15Cl2NO4. The summed E-state index contributed by atoms with van der Waals surface area (Å²) in [5.41, 5.74) is 4.13. The van der Waals surface area contributed by atoms with Gasteiger partial charge in [-0.25, -0.2) is 9.59 Å². The summed E-state index contributed by atoms with van der Waals surface area (Å²) >= 11 is 11.9. The van der Waals surface area contributed by atoms with Crippen molar-refractivity contribution in [3.05, 3.63) is 87.4 Å². The zero-order valence-corrected chi connectivity index (χ0v) is 16.5. The largest absolute Gasteiger partial charge is 0.478 e. The Bertz CT molecular complexity index is 1080. The second kappa shape index (κ2) is 7.78. The van der Waals surface area contributed by atoms with Crippen LogP contribution in [0.5, 0.6) is 0 Å². The van der Waals surface area contributed by atoms with E-state index in [1.54, 1.807) is 0 Å². The van der Waals surface area contributed by atoms with Crippen molar-refractivity contribution < 1.29 is 19.4 Å². The number of hydrogen-bond acceptors (Lipinski definition) is 3. The zero-order valence-electron chi connectivity index (χ0n) is 15.0. The smallest absolute Gasteiger partial charge is 0.411 e. The van der Waals surface area contributed by atoms with E-state index in [0.29, 0.717) is 0 Å². The summed E-state index contributed by atoms with van der Waals surface area (Å²) < 4.78 is 5.43. The summed E-state index contributed by atoms with van der Waals surface area (Å²) in [6, 6.07) is 18.6. The van der Waals surface area contributed by atoms with E-state index in [2.05, 4.69) is 5.32 Å². The van der Waals surface area contributed by atoms with E-state index >= 15 is 0 Å². The number of anilines is 1. The predicted octanol–water partition coefficient (Wildman–Crippen LogP) is 6.05. The molecule has 146 valence electrons. The fourth-order valence-corrected chi connectivity index (χ4v) is 4.21. The molecule has 0 bridgehead atoms. The Labute approximate surface area is 176 Å². The normalized spacial score (nSPS) is 12.2. The molecule has 1 aliphatic rings. The molecule has 5 nitrogen and oxygen atoms in total. The van der Waals surface area contributed by atoms with E-state index in [9.17, 15) is 14.7 Å². The Kier molecular flexibility index (Phi) is 5.18. The number of halogens is 2. The van der Waals surface area contributed by atoms with Gasteiger partial charge in [-0.05, 0) is 34.4 Å². The number of fused-ring (bicyclic) bond motifs is 3. The molecule has 0 heterocycles. The zero-order chi connectivity index (χ0) is 20.5. The topological polar surface area (TPSA) is 75.6 Å². The van der Waals surface area contributed by atoms with Crippen LogP contribution >= 0.6 is 23.2 Å². The lowest BCUT2D eigenvalue weighted by Gasteiger charge is -2.15. The maximum atomic E-state index is 12.4. The fraction of sp³-hybridized carbons (Fsp3) is 0.0909. The first-order valence-electron chi connectivity index (χ1n) is 8.80. The van der Waals surface area contributed by atoms with Gasteiger partial charge in [-0.2, -0.15) is 0 Å². The molecule has 0 unspecified atom stereocenters. The van der Waals surface area contributed by atoms with Gasteiger partial charge >= 0.3 is 12.1 Å². The van der Waals surface area contributed by atoms with Crippen molar-refractivity contribution in [1.29, 1.82) is 0 Å². The molecule has 0 saturated heterocycles. The highest BCUT2D eigenvalue weighted by Crippen LogP contribution is 2.44. The van der Waals surface area contributed by atoms with Crippen molar-refractivity contribution in [2.24, 2.45) is 0 Å². The van der Waals surface area contributed by atoms with Gasteiger partial charge in [0.05, 0.1) is 10.7 Å². The molecule has 0 radical (unpaired) electrons. The first kappa shape index (κ1) is 19.3. The third-order valence-electron chi connectivity index (χ3n) is 4.85. The van der Waals surface area contributed by atoms with Crippen molar-refractivity contribution in [3.8, 4) is 11.1 Å². The number of nitrogens with one attached hydrogen (secondary N) is 1. The van der Waals surface area contributed by atoms with Gasteiger partial charge in [-0.3, -0.25) is 5.32 Å². The van der Waals surface area contributed by atoms with E-state index < -0.39 is 12.1 Å². The molecule has 1 aliphatic carbocycles. The Hall–Kier alpha value is -3.02. The third kappa shape index (κ3) is 3.67. The Morgan fingerprint density at radius 1 is 0.966 bits per heavy atom. The first-order chi connectivity index (χ1) is 14.0. The van der Waals surface area contributed by atoms with Gasteiger partial charge in [-0.1, -0.05) is 71.7 Å². The number of amides is 1. The summed E-state index contributed by atoms with van der Waals surface area (Å²) in [7, 11) is 0. The van der Waals surface area contributed by atoms with Crippen LogP contribution in [0.4, 0.5) is 10.5 Å². The number of carboxylic acid groups (broad SMARTS) is 1. The first-order valence-corrected chi connectivity index (χ1v) is 9.55. The fourth-order valence-electron chi connectivity index (χ4n) is 3.63. The second-order valence-electron chi connectivity index (χ2n) is 6.57. The van der Waals surface area contributed by atoms with Crippen LogP contribution in [-0.2, 0) is 4.74 Å². The molecule has 4 rings (SSSR count). The summed E-state index contributed by atoms with van der Waals surface area (Å²) in [5.74, 6) is -1.38. The van der Waals surface area contributed by atoms with Gasteiger partial charge in [0.1, 0.15) is 12.2 Å².